The third-order valence-corrected chi connectivity index (χ3v) is 6.70. The number of carbonyl (C=O) groups excluding carboxylic acids is 1. The molecule has 2 aliphatic rings. The van der Waals surface area contributed by atoms with Crippen LogP contribution < -0.4 is 0 Å². The molecule has 2 aliphatic carbocycles. The van der Waals surface area contributed by atoms with Crippen molar-refractivity contribution in [3.05, 3.63) is 0 Å². The Balaban J connectivity index is 1.96. The summed E-state index contributed by atoms with van der Waals surface area (Å²) in [5, 5.41) is 9.15. The maximum atomic E-state index is 12.9. The van der Waals surface area contributed by atoms with Gasteiger partial charge in [-0.3, -0.25) is 9.59 Å². The molecule has 0 saturated heterocycles. The lowest BCUT2D eigenvalue weighted by Crippen LogP contribution is -2.41. The van der Waals surface area contributed by atoms with E-state index < -0.39 is 5.97 Å². The van der Waals surface area contributed by atoms with E-state index in [1.807, 2.05) is 0 Å². The van der Waals surface area contributed by atoms with Gasteiger partial charge in [-0.2, -0.15) is 0 Å². The van der Waals surface area contributed by atoms with Crippen molar-refractivity contribution in [1.82, 2.24) is 0 Å². The first-order chi connectivity index (χ1) is 12.5. The Morgan fingerprint density at radius 3 is 2.19 bits per heavy atom. The number of hydrogen-bond acceptors (Lipinski definition) is 3. The fourth-order valence-electron chi connectivity index (χ4n) is 4.89. The molecule has 0 spiro atoms. The Labute approximate surface area is 159 Å². The molecular weight excluding hydrogens is 328 g/mol. The summed E-state index contributed by atoms with van der Waals surface area (Å²) in [6.45, 7) is 4.49. The molecule has 2 fully saturated rings. The van der Waals surface area contributed by atoms with Crippen LogP contribution in [0.5, 0.6) is 0 Å². The largest absolute Gasteiger partial charge is 0.481 e. The Hall–Kier alpha value is -1.06. The molecule has 0 heterocycles. The highest BCUT2D eigenvalue weighted by molar-refractivity contribution is 5.74. The standard InChI is InChI=1S/C22H38O4/c1-3-5-9-17(4-2)16-22(14-7-6-8-15-22)26-21(25)19-12-10-18(11-13-19)20(23)24/h17-19H,3-16H2,1-2H3,(H,23,24). The average Bonchev–Trinajstić information content (AvgIpc) is 2.65. The van der Waals surface area contributed by atoms with Crippen LogP contribution in [0.15, 0.2) is 0 Å². The van der Waals surface area contributed by atoms with E-state index in [0.29, 0.717) is 31.6 Å². The van der Waals surface area contributed by atoms with E-state index in [0.717, 1.165) is 38.5 Å². The molecule has 4 heteroatoms. The Bertz CT molecular complexity index is 445. The number of hydrogen-bond donors (Lipinski definition) is 1. The summed E-state index contributed by atoms with van der Waals surface area (Å²) in [6.07, 6.45) is 14.0. The van der Waals surface area contributed by atoms with Crippen LogP contribution in [-0.2, 0) is 14.3 Å². The van der Waals surface area contributed by atoms with E-state index in [2.05, 4.69) is 13.8 Å². The summed E-state index contributed by atoms with van der Waals surface area (Å²) in [5.74, 6) is -0.506. The number of carboxylic acids is 1. The van der Waals surface area contributed by atoms with Gasteiger partial charge in [-0.1, -0.05) is 46.0 Å². The Kier molecular flexibility index (Phi) is 8.43. The molecule has 0 aliphatic heterocycles. The van der Waals surface area contributed by atoms with Gasteiger partial charge in [-0.25, -0.2) is 0 Å². The van der Waals surface area contributed by atoms with Crippen molar-refractivity contribution < 1.29 is 19.4 Å². The van der Waals surface area contributed by atoms with Crippen LogP contribution in [-0.4, -0.2) is 22.6 Å². The van der Waals surface area contributed by atoms with Crippen molar-refractivity contribution >= 4 is 11.9 Å². The monoisotopic (exact) mass is 366 g/mol. The van der Waals surface area contributed by atoms with Crippen molar-refractivity contribution in [1.29, 1.82) is 0 Å². The highest BCUT2D eigenvalue weighted by Crippen LogP contribution is 2.40. The van der Waals surface area contributed by atoms with Crippen molar-refractivity contribution in [3.8, 4) is 0 Å². The van der Waals surface area contributed by atoms with Gasteiger partial charge in [0.1, 0.15) is 5.60 Å². The molecule has 2 rings (SSSR count). The maximum Gasteiger partial charge on any atom is 0.309 e. The third kappa shape index (κ3) is 5.99. The number of rotatable bonds is 9. The molecular formula is C22H38O4. The van der Waals surface area contributed by atoms with Crippen molar-refractivity contribution in [2.24, 2.45) is 17.8 Å². The fraction of sp³-hybridized carbons (Fsp3) is 0.909. The van der Waals surface area contributed by atoms with Crippen molar-refractivity contribution in [2.45, 2.75) is 109 Å². The zero-order valence-corrected chi connectivity index (χ0v) is 16.8. The van der Waals surface area contributed by atoms with Crippen LogP contribution in [0.4, 0.5) is 0 Å². The maximum absolute atomic E-state index is 12.9. The van der Waals surface area contributed by atoms with E-state index >= 15 is 0 Å². The first kappa shape index (κ1) is 21.2. The minimum atomic E-state index is -0.720. The number of carbonyl (C=O) groups is 2. The molecule has 0 bridgehead atoms. The zero-order valence-electron chi connectivity index (χ0n) is 16.8. The minimum Gasteiger partial charge on any atom is -0.481 e. The van der Waals surface area contributed by atoms with Gasteiger partial charge in [0.05, 0.1) is 11.8 Å². The highest BCUT2D eigenvalue weighted by Gasteiger charge is 2.40. The topological polar surface area (TPSA) is 63.6 Å². The van der Waals surface area contributed by atoms with Crippen LogP contribution in [0.3, 0.4) is 0 Å². The second kappa shape index (κ2) is 10.3. The summed E-state index contributed by atoms with van der Waals surface area (Å²) in [4.78, 5) is 24.0. The normalized spacial score (nSPS) is 26.8. The molecule has 0 aromatic rings. The molecule has 1 atom stereocenters. The van der Waals surface area contributed by atoms with Crippen LogP contribution in [0, 0.1) is 17.8 Å². The first-order valence-corrected chi connectivity index (χ1v) is 11.0. The molecule has 2 saturated carbocycles. The predicted octanol–water partition coefficient (Wildman–Crippen LogP) is 5.73. The Morgan fingerprint density at radius 1 is 1.04 bits per heavy atom. The van der Waals surface area contributed by atoms with Gasteiger partial charge in [0.15, 0.2) is 0 Å². The van der Waals surface area contributed by atoms with Crippen LogP contribution >= 0.6 is 0 Å². The Morgan fingerprint density at radius 2 is 1.65 bits per heavy atom. The van der Waals surface area contributed by atoms with Crippen LogP contribution in [0.2, 0.25) is 0 Å². The summed E-state index contributed by atoms with van der Waals surface area (Å²) in [6, 6.07) is 0. The predicted molar refractivity (Wildman–Crippen MR) is 103 cm³/mol. The number of aliphatic carboxylic acids is 1. The lowest BCUT2D eigenvalue weighted by atomic mass is 9.76. The van der Waals surface area contributed by atoms with Crippen molar-refractivity contribution in [3.63, 3.8) is 0 Å². The molecule has 26 heavy (non-hydrogen) atoms. The highest BCUT2D eigenvalue weighted by atomic mass is 16.6. The molecule has 0 aromatic heterocycles. The van der Waals surface area contributed by atoms with Gasteiger partial charge < -0.3 is 9.84 Å². The second-order valence-electron chi connectivity index (χ2n) is 8.67. The van der Waals surface area contributed by atoms with E-state index in [9.17, 15) is 9.59 Å². The summed E-state index contributed by atoms with van der Waals surface area (Å²) in [5.41, 5.74) is -0.257. The molecule has 4 nitrogen and oxygen atoms in total. The SMILES string of the molecule is CCCCC(CC)CC1(OC(=O)C2CCC(C(=O)O)CC2)CCCCC1. The van der Waals surface area contributed by atoms with Crippen molar-refractivity contribution in [2.75, 3.05) is 0 Å². The number of esters is 1. The van der Waals surface area contributed by atoms with Gasteiger partial charge >= 0.3 is 11.9 Å². The molecule has 0 radical (unpaired) electrons. The van der Waals surface area contributed by atoms with Crippen LogP contribution in [0.25, 0.3) is 0 Å². The molecule has 150 valence electrons. The lowest BCUT2D eigenvalue weighted by Gasteiger charge is -2.40. The van der Waals surface area contributed by atoms with Gasteiger partial charge in [-0.05, 0) is 63.7 Å². The van der Waals surface area contributed by atoms with Gasteiger partial charge in [-0.15, -0.1) is 0 Å². The zero-order chi connectivity index (χ0) is 19.0. The van der Waals surface area contributed by atoms with Gasteiger partial charge in [0.2, 0.25) is 0 Å². The van der Waals surface area contributed by atoms with E-state index in [1.165, 1.54) is 25.7 Å². The fourth-order valence-corrected chi connectivity index (χ4v) is 4.89. The summed E-state index contributed by atoms with van der Waals surface area (Å²) >= 11 is 0. The smallest absolute Gasteiger partial charge is 0.309 e. The number of unbranched alkanes of at least 4 members (excludes halogenated alkanes) is 1. The van der Waals surface area contributed by atoms with Gasteiger partial charge in [0.25, 0.3) is 0 Å². The second-order valence-corrected chi connectivity index (χ2v) is 8.67. The minimum absolute atomic E-state index is 0.0546. The molecule has 1 unspecified atom stereocenters. The summed E-state index contributed by atoms with van der Waals surface area (Å²) < 4.78 is 6.24. The molecule has 0 aromatic carbocycles. The van der Waals surface area contributed by atoms with Gasteiger partial charge in [0, 0.05) is 0 Å². The molecule has 0 amide bonds. The van der Waals surface area contributed by atoms with E-state index in [1.54, 1.807) is 0 Å². The average molecular weight is 367 g/mol. The lowest BCUT2D eigenvalue weighted by molar-refractivity contribution is -0.173. The van der Waals surface area contributed by atoms with E-state index in [-0.39, 0.29) is 23.4 Å². The first-order valence-electron chi connectivity index (χ1n) is 11.0. The third-order valence-electron chi connectivity index (χ3n) is 6.70. The number of ether oxygens (including phenoxy) is 1. The molecule has 1 N–H and O–H groups in total. The summed E-state index contributed by atoms with van der Waals surface area (Å²) in [7, 11) is 0. The van der Waals surface area contributed by atoms with Crippen LogP contribution in [0.1, 0.15) is 104 Å². The quantitative estimate of drug-likeness (QED) is 0.529. The van der Waals surface area contributed by atoms with E-state index in [4.69, 9.17) is 9.84 Å². The number of carboxylic acid groups (broad SMARTS) is 1.